The van der Waals surface area contributed by atoms with Crippen molar-refractivity contribution in [2.75, 3.05) is 0 Å². The van der Waals surface area contributed by atoms with Crippen LogP contribution in [-0.2, 0) is 21.2 Å². The highest BCUT2D eigenvalue weighted by Gasteiger charge is 2.17. The van der Waals surface area contributed by atoms with Gasteiger partial charge in [-0.05, 0) is 69.8 Å². The van der Waals surface area contributed by atoms with Gasteiger partial charge in [0.25, 0.3) is 10.4 Å². The van der Waals surface area contributed by atoms with E-state index in [0.29, 0.717) is 5.41 Å². The van der Waals surface area contributed by atoms with Crippen LogP contribution in [0, 0.1) is 3.57 Å². The van der Waals surface area contributed by atoms with Gasteiger partial charge in [-0.15, -0.1) is 6.58 Å². The molecule has 0 atom stereocenters. The first-order valence-corrected chi connectivity index (χ1v) is 11.4. The normalized spacial score (nSPS) is 12.0. The fourth-order valence-corrected chi connectivity index (χ4v) is 2.99. The second-order valence-corrected chi connectivity index (χ2v) is 9.91. The molecule has 0 aliphatic rings. The van der Waals surface area contributed by atoms with Crippen LogP contribution in [0.15, 0.2) is 61.2 Å². The molecule has 0 radical (unpaired) electrons. The van der Waals surface area contributed by atoms with Crippen LogP contribution in [0.5, 0.6) is 5.75 Å². The molecule has 0 N–H and O–H groups in total. The largest absolute Gasteiger partial charge is 0.716 e. The summed E-state index contributed by atoms with van der Waals surface area (Å²) in [7, 11) is -4.70. The topological polar surface area (TPSA) is 66.4 Å². The Balaban J connectivity index is 0. The van der Waals surface area contributed by atoms with E-state index < -0.39 is 10.4 Å². The average Bonchev–Trinajstić information content (AvgIpc) is 2.62. The summed E-state index contributed by atoms with van der Waals surface area (Å²) in [5.41, 5.74) is 2.50. The van der Waals surface area contributed by atoms with Crippen molar-refractivity contribution in [3.63, 3.8) is 0 Å². The zero-order chi connectivity index (χ0) is 21.6. The number of hydrogen-bond acceptors (Lipinski definition) is 4. The van der Waals surface area contributed by atoms with Crippen molar-refractivity contribution in [2.45, 2.75) is 51.9 Å². The molecule has 0 saturated heterocycles. The lowest BCUT2D eigenvalue weighted by Crippen LogP contribution is -2.14. The van der Waals surface area contributed by atoms with Crippen LogP contribution in [-0.4, -0.2) is 13.0 Å². The number of rotatable bonds is 6. The Morgan fingerprint density at radius 2 is 1.50 bits per heavy atom. The van der Waals surface area contributed by atoms with Gasteiger partial charge in [-0.3, -0.25) is 0 Å². The summed E-state index contributed by atoms with van der Waals surface area (Å²) < 4.78 is 36.5. The SMILES string of the molecule is C=CC(C)(C)c1ccc(OS(=O)(=O)[O-])cc1.CCC(C)(C)c1ccc(I)cc1.[HH].[HH]. The molecule has 0 aromatic heterocycles. The lowest BCUT2D eigenvalue weighted by Gasteiger charge is -2.23. The van der Waals surface area contributed by atoms with Gasteiger partial charge in [-0.25, -0.2) is 8.42 Å². The van der Waals surface area contributed by atoms with Gasteiger partial charge in [0.2, 0.25) is 0 Å². The van der Waals surface area contributed by atoms with Crippen LogP contribution in [0.2, 0.25) is 0 Å². The quantitative estimate of drug-likeness (QED) is 0.190. The molecule has 0 bridgehead atoms. The van der Waals surface area contributed by atoms with Gasteiger partial charge in [0.1, 0.15) is 5.75 Å². The third-order valence-electron chi connectivity index (χ3n) is 4.82. The fourth-order valence-electron chi connectivity index (χ4n) is 2.28. The molecule has 0 aliphatic carbocycles. The minimum atomic E-state index is -4.70. The van der Waals surface area contributed by atoms with Crippen LogP contribution < -0.4 is 4.18 Å². The Hall–Kier alpha value is -1.38. The van der Waals surface area contributed by atoms with Crippen LogP contribution in [0.25, 0.3) is 0 Å². The lowest BCUT2D eigenvalue weighted by molar-refractivity contribution is 0.372. The van der Waals surface area contributed by atoms with E-state index in [-0.39, 0.29) is 14.0 Å². The van der Waals surface area contributed by atoms with Gasteiger partial charge in [0, 0.05) is 11.8 Å². The smallest absolute Gasteiger partial charge is 0.262 e. The maximum Gasteiger partial charge on any atom is 0.262 e. The summed E-state index contributed by atoms with van der Waals surface area (Å²) in [5, 5.41) is 0. The van der Waals surface area contributed by atoms with E-state index in [4.69, 9.17) is 0 Å². The number of benzene rings is 2. The summed E-state index contributed by atoms with van der Waals surface area (Å²) in [6.07, 6.45) is 2.97. The minimum absolute atomic E-state index is 0. The Morgan fingerprint density at radius 3 is 1.89 bits per heavy atom. The highest BCUT2D eigenvalue weighted by molar-refractivity contribution is 14.1. The summed E-state index contributed by atoms with van der Waals surface area (Å²) in [6.45, 7) is 14.5. The molecule has 2 rings (SSSR count). The van der Waals surface area contributed by atoms with Gasteiger partial charge in [-0.1, -0.05) is 65.0 Å². The molecule has 158 valence electrons. The predicted octanol–water partition coefficient (Wildman–Crippen LogP) is 6.46. The summed E-state index contributed by atoms with van der Waals surface area (Å²) in [6, 6.07) is 15.1. The molecule has 6 heteroatoms. The van der Waals surface area contributed by atoms with Gasteiger partial charge in [0.05, 0.1) is 0 Å². The molecule has 0 heterocycles. The third kappa shape index (κ3) is 7.93. The average molecular weight is 519 g/mol. The van der Waals surface area contributed by atoms with Crippen molar-refractivity contribution in [3.8, 4) is 5.75 Å². The zero-order valence-corrected chi connectivity index (χ0v) is 20.0. The first-order valence-electron chi connectivity index (χ1n) is 8.96. The standard InChI is InChI=1S/C11H15I.C11H14O4S.2H2/c1-4-11(2,3)9-5-7-10(12)8-6-9;1-4-11(2,3)9-5-7-10(8-6-9)15-16(12,13)14;;/h5-8H,4H2,1-3H3;4-8H,1H2,2-3H3,(H,12,13,14);2*1H/p-1. The first kappa shape index (κ1) is 24.7. The fraction of sp³-hybridized carbons (Fsp3) is 0.364. The summed E-state index contributed by atoms with van der Waals surface area (Å²) in [4.78, 5) is 0. The highest BCUT2D eigenvalue weighted by atomic mass is 127. The second-order valence-electron chi connectivity index (χ2n) is 7.69. The summed E-state index contributed by atoms with van der Waals surface area (Å²) in [5.74, 6) is 0.0126. The minimum Gasteiger partial charge on any atom is -0.716 e. The van der Waals surface area contributed by atoms with Crippen molar-refractivity contribution < 1.29 is 20.0 Å². The molecule has 0 unspecified atom stereocenters. The third-order valence-corrected chi connectivity index (χ3v) is 5.93. The molecule has 0 spiro atoms. The molecular weight excluding hydrogens is 487 g/mol. The van der Waals surface area contributed by atoms with Crippen molar-refractivity contribution in [2.24, 2.45) is 0 Å². The lowest BCUT2D eigenvalue weighted by atomic mass is 9.82. The maximum absolute atomic E-state index is 10.3. The Bertz CT molecular complexity index is 878. The number of hydrogen-bond donors (Lipinski definition) is 0. The van der Waals surface area contributed by atoms with Gasteiger partial charge in [-0.2, -0.15) is 0 Å². The molecule has 4 nitrogen and oxygen atoms in total. The molecule has 28 heavy (non-hydrogen) atoms. The van der Waals surface area contributed by atoms with E-state index in [1.807, 2.05) is 13.8 Å². The molecule has 0 fully saturated rings. The van der Waals surface area contributed by atoms with E-state index in [2.05, 4.69) is 78.4 Å². The van der Waals surface area contributed by atoms with Crippen LogP contribution >= 0.6 is 22.6 Å². The first-order chi connectivity index (χ1) is 12.8. The molecule has 0 aliphatic heterocycles. The zero-order valence-electron chi connectivity index (χ0n) is 17.0. The van der Waals surface area contributed by atoms with Gasteiger partial charge >= 0.3 is 0 Å². The van der Waals surface area contributed by atoms with Gasteiger partial charge < -0.3 is 8.74 Å². The van der Waals surface area contributed by atoms with E-state index in [1.54, 1.807) is 18.2 Å². The maximum atomic E-state index is 10.3. The Morgan fingerprint density at radius 1 is 1.04 bits per heavy atom. The van der Waals surface area contributed by atoms with Crippen LogP contribution in [0.1, 0.15) is 55.0 Å². The molecule has 2 aromatic carbocycles. The monoisotopic (exact) mass is 519 g/mol. The van der Waals surface area contributed by atoms with Crippen molar-refractivity contribution in [1.82, 2.24) is 0 Å². The molecular formula is C22H32IO4S-. The van der Waals surface area contributed by atoms with Gasteiger partial charge in [0.15, 0.2) is 0 Å². The van der Waals surface area contributed by atoms with E-state index in [0.717, 1.165) is 5.56 Å². The van der Waals surface area contributed by atoms with E-state index in [1.165, 1.54) is 27.7 Å². The van der Waals surface area contributed by atoms with E-state index in [9.17, 15) is 13.0 Å². The summed E-state index contributed by atoms with van der Waals surface area (Å²) >= 11 is 2.34. The second kappa shape index (κ2) is 9.89. The molecule has 0 amide bonds. The van der Waals surface area contributed by atoms with Crippen molar-refractivity contribution in [1.29, 1.82) is 0 Å². The predicted molar refractivity (Wildman–Crippen MR) is 127 cm³/mol. The van der Waals surface area contributed by atoms with Crippen LogP contribution in [0.4, 0.5) is 0 Å². The van der Waals surface area contributed by atoms with Crippen LogP contribution in [0.3, 0.4) is 0 Å². The van der Waals surface area contributed by atoms with Crippen molar-refractivity contribution >= 4 is 33.0 Å². The molecule has 2 aromatic rings. The number of halogens is 1. The molecule has 0 saturated carbocycles. The van der Waals surface area contributed by atoms with Crippen molar-refractivity contribution in [3.05, 3.63) is 75.9 Å². The Labute approximate surface area is 186 Å². The van der Waals surface area contributed by atoms with E-state index >= 15 is 0 Å². The number of allylic oxidation sites excluding steroid dienone is 1. The highest BCUT2D eigenvalue weighted by Crippen LogP contribution is 2.27. The Kier molecular flexibility index (Phi) is 8.71.